The third-order valence-corrected chi connectivity index (χ3v) is 7.26. The first-order valence-electron chi connectivity index (χ1n) is 11.5. The Morgan fingerprint density at radius 2 is 1.97 bits per heavy atom. The topological polar surface area (TPSA) is 97.6 Å². The number of allylic oxidation sites excluding steroid dienone is 1. The molecule has 0 fully saturated rings. The molecule has 7 nitrogen and oxygen atoms in total. The number of halogens is 1. The fraction of sp³-hybridized carbons (Fsp3) is 0.143. The molecule has 0 amide bonds. The smallest absolute Gasteiger partial charge is 0.338 e. The van der Waals surface area contributed by atoms with Crippen molar-refractivity contribution in [2.75, 3.05) is 6.61 Å². The number of fused-ring (bicyclic) bond motifs is 1. The Hall–Kier alpha value is -4.19. The molecule has 0 saturated carbocycles. The number of esters is 1. The molecule has 0 saturated heterocycles. The van der Waals surface area contributed by atoms with E-state index < -0.39 is 12.0 Å². The summed E-state index contributed by atoms with van der Waals surface area (Å²) in [6.45, 7) is 3.63. The minimum Gasteiger partial charge on any atom is -0.463 e. The van der Waals surface area contributed by atoms with E-state index in [1.165, 1.54) is 15.9 Å². The van der Waals surface area contributed by atoms with Crippen LogP contribution in [-0.4, -0.2) is 17.1 Å². The van der Waals surface area contributed by atoms with Crippen molar-refractivity contribution in [3.05, 3.63) is 114 Å². The van der Waals surface area contributed by atoms with E-state index in [2.05, 4.69) is 11.1 Å². The van der Waals surface area contributed by atoms with Gasteiger partial charge < -0.3 is 9.15 Å². The second kappa shape index (κ2) is 10.1. The monoisotopic (exact) mass is 529 g/mol. The van der Waals surface area contributed by atoms with E-state index >= 15 is 0 Å². The molecule has 0 aliphatic carbocycles. The number of ether oxygens (including phenoxy) is 1. The predicted octanol–water partition coefficient (Wildman–Crippen LogP) is 4.58. The molecular formula is C28H20ClN3O4S. The maximum atomic E-state index is 13.7. The number of hydrogen-bond donors (Lipinski definition) is 0. The summed E-state index contributed by atoms with van der Waals surface area (Å²) in [7, 11) is 0. The van der Waals surface area contributed by atoms with Gasteiger partial charge >= 0.3 is 5.97 Å². The van der Waals surface area contributed by atoms with Crippen LogP contribution in [0.25, 0.3) is 17.4 Å². The van der Waals surface area contributed by atoms with Crippen molar-refractivity contribution in [1.82, 2.24) is 4.57 Å². The molecule has 2 aromatic carbocycles. The number of nitrogens with zero attached hydrogens (tertiary/aromatic N) is 3. The lowest BCUT2D eigenvalue weighted by Crippen LogP contribution is -2.40. The summed E-state index contributed by atoms with van der Waals surface area (Å²) in [5, 5.41) is 9.83. The maximum Gasteiger partial charge on any atom is 0.338 e. The molecule has 0 spiro atoms. The average Bonchev–Trinajstić information content (AvgIpc) is 3.48. The second-order valence-electron chi connectivity index (χ2n) is 8.18. The van der Waals surface area contributed by atoms with Crippen LogP contribution in [0.1, 0.15) is 36.8 Å². The van der Waals surface area contributed by atoms with Gasteiger partial charge in [-0.3, -0.25) is 9.36 Å². The zero-order valence-electron chi connectivity index (χ0n) is 19.9. The molecule has 2 aromatic heterocycles. The Bertz CT molecular complexity index is 1790. The maximum absolute atomic E-state index is 13.7. The van der Waals surface area contributed by atoms with E-state index in [9.17, 15) is 14.9 Å². The number of benzene rings is 2. The third kappa shape index (κ3) is 4.44. The van der Waals surface area contributed by atoms with Crippen LogP contribution in [0.4, 0.5) is 0 Å². The summed E-state index contributed by atoms with van der Waals surface area (Å²) in [4.78, 5) is 31.7. The van der Waals surface area contributed by atoms with Crippen molar-refractivity contribution in [3.63, 3.8) is 0 Å². The number of carbonyl (C=O) groups is 1. The van der Waals surface area contributed by atoms with Crippen LogP contribution in [0, 0.1) is 11.3 Å². The van der Waals surface area contributed by atoms with Gasteiger partial charge in [0, 0.05) is 16.7 Å². The molecule has 0 bridgehead atoms. The summed E-state index contributed by atoms with van der Waals surface area (Å²) < 4.78 is 13.1. The number of carbonyl (C=O) groups excluding carboxylic acids is 1. The van der Waals surface area contributed by atoms with E-state index in [0.717, 1.165) is 0 Å². The molecule has 184 valence electrons. The number of thiazole rings is 1. The van der Waals surface area contributed by atoms with E-state index in [0.29, 0.717) is 48.3 Å². The van der Waals surface area contributed by atoms with Crippen LogP contribution < -0.4 is 14.9 Å². The third-order valence-electron chi connectivity index (χ3n) is 5.93. The standard InChI is InChI=1S/C28H20ClN3O4S/c1-3-35-27(34)24-16(2)31-28-32(25(24)20-10-6-7-11-21(20)29)26(33)23(37-28)14-18-12-13-22(36-18)19-9-5-4-8-17(19)15-30/h4-14,25H,3H2,1-2H3/b23-14-/t25-/m0/s1. The normalized spacial score (nSPS) is 15.2. The number of hydrogen-bond acceptors (Lipinski definition) is 7. The Morgan fingerprint density at radius 1 is 1.22 bits per heavy atom. The van der Waals surface area contributed by atoms with Crippen molar-refractivity contribution in [2.45, 2.75) is 19.9 Å². The van der Waals surface area contributed by atoms with Gasteiger partial charge in [0.25, 0.3) is 5.56 Å². The molecule has 1 atom stereocenters. The van der Waals surface area contributed by atoms with E-state index in [1.54, 1.807) is 74.5 Å². The highest BCUT2D eigenvalue weighted by Gasteiger charge is 2.34. The number of furan rings is 1. The lowest BCUT2D eigenvalue weighted by atomic mass is 9.96. The van der Waals surface area contributed by atoms with E-state index in [4.69, 9.17) is 20.8 Å². The predicted molar refractivity (Wildman–Crippen MR) is 141 cm³/mol. The van der Waals surface area contributed by atoms with Crippen molar-refractivity contribution in [1.29, 1.82) is 5.26 Å². The van der Waals surface area contributed by atoms with Crippen molar-refractivity contribution < 1.29 is 13.9 Å². The first-order chi connectivity index (χ1) is 17.9. The van der Waals surface area contributed by atoms with Gasteiger partial charge in [-0.1, -0.05) is 53.3 Å². The Morgan fingerprint density at radius 3 is 2.73 bits per heavy atom. The van der Waals surface area contributed by atoms with Gasteiger partial charge in [-0.15, -0.1) is 0 Å². The van der Waals surface area contributed by atoms with Gasteiger partial charge in [-0.25, -0.2) is 9.79 Å². The van der Waals surface area contributed by atoms with E-state index in [-0.39, 0.29) is 17.7 Å². The first kappa shape index (κ1) is 24.5. The lowest BCUT2D eigenvalue weighted by molar-refractivity contribution is -0.139. The molecular weight excluding hydrogens is 510 g/mol. The highest BCUT2D eigenvalue weighted by Crippen LogP contribution is 2.34. The zero-order chi connectivity index (χ0) is 26.1. The minimum atomic E-state index is -0.791. The van der Waals surface area contributed by atoms with Crippen LogP contribution in [0.2, 0.25) is 5.02 Å². The Kier molecular flexibility index (Phi) is 6.66. The average molecular weight is 530 g/mol. The molecule has 37 heavy (non-hydrogen) atoms. The highest BCUT2D eigenvalue weighted by molar-refractivity contribution is 7.07. The molecule has 3 heterocycles. The van der Waals surface area contributed by atoms with Crippen LogP contribution in [-0.2, 0) is 9.53 Å². The molecule has 0 unspecified atom stereocenters. The van der Waals surface area contributed by atoms with Crippen LogP contribution in [0.5, 0.6) is 0 Å². The lowest BCUT2D eigenvalue weighted by Gasteiger charge is -2.25. The Balaban J connectivity index is 1.66. The first-order valence-corrected chi connectivity index (χ1v) is 12.7. The van der Waals surface area contributed by atoms with Crippen LogP contribution >= 0.6 is 22.9 Å². The minimum absolute atomic E-state index is 0.186. The fourth-order valence-electron chi connectivity index (χ4n) is 4.28. The van der Waals surface area contributed by atoms with Crippen LogP contribution in [0.3, 0.4) is 0 Å². The Labute approximate surface area is 220 Å². The second-order valence-corrected chi connectivity index (χ2v) is 9.60. The largest absolute Gasteiger partial charge is 0.463 e. The summed E-state index contributed by atoms with van der Waals surface area (Å²) in [6, 6.07) is 19.1. The van der Waals surface area contributed by atoms with Gasteiger partial charge in [0.2, 0.25) is 0 Å². The molecule has 0 N–H and O–H groups in total. The number of nitriles is 1. The summed E-state index contributed by atoms with van der Waals surface area (Å²) >= 11 is 7.72. The molecule has 4 aromatic rings. The summed E-state index contributed by atoms with van der Waals surface area (Å²) in [5.74, 6) is 0.420. The molecule has 0 radical (unpaired) electrons. The number of aromatic nitrogens is 1. The fourth-order valence-corrected chi connectivity index (χ4v) is 5.55. The van der Waals surface area contributed by atoms with E-state index in [1.807, 2.05) is 6.07 Å². The van der Waals surface area contributed by atoms with Gasteiger partial charge in [0.05, 0.1) is 34.0 Å². The SMILES string of the molecule is CCOC(=O)C1=C(C)N=c2s/c(=C\c3ccc(-c4ccccc4C#N)o3)c(=O)n2[C@H]1c1ccccc1Cl. The summed E-state index contributed by atoms with van der Waals surface area (Å²) in [5.41, 5.74) is 2.15. The highest BCUT2D eigenvalue weighted by atomic mass is 35.5. The van der Waals surface area contributed by atoms with Crippen molar-refractivity contribution >= 4 is 35.0 Å². The van der Waals surface area contributed by atoms with Gasteiger partial charge in [0.1, 0.15) is 17.6 Å². The van der Waals surface area contributed by atoms with Gasteiger partial charge in [-0.05, 0) is 49.7 Å². The van der Waals surface area contributed by atoms with Gasteiger partial charge in [-0.2, -0.15) is 5.26 Å². The quantitative estimate of drug-likeness (QED) is 0.352. The van der Waals surface area contributed by atoms with Crippen molar-refractivity contribution in [3.8, 4) is 17.4 Å². The number of rotatable bonds is 5. The zero-order valence-corrected chi connectivity index (χ0v) is 21.5. The van der Waals surface area contributed by atoms with Crippen molar-refractivity contribution in [2.24, 2.45) is 4.99 Å². The molecule has 5 rings (SSSR count). The van der Waals surface area contributed by atoms with Crippen LogP contribution in [0.15, 0.2) is 86.1 Å². The molecule has 9 heteroatoms. The molecule has 1 aliphatic heterocycles. The summed E-state index contributed by atoms with van der Waals surface area (Å²) in [6.07, 6.45) is 1.63. The molecule has 1 aliphatic rings. The van der Waals surface area contributed by atoms with Gasteiger partial charge in [0.15, 0.2) is 4.80 Å².